The van der Waals surface area contributed by atoms with Gasteiger partial charge in [0.25, 0.3) is 0 Å². The van der Waals surface area contributed by atoms with E-state index < -0.39 is 0 Å². The predicted molar refractivity (Wildman–Crippen MR) is 102 cm³/mol. The highest BCUT2D eigenvalue weighted by molar-refractivity contribution is 5.82. The first kappa shape index (κ1) is 17.6. The molecule has 146 valence electrons. The molecule has 1 heterocycles. The molecule has 7 unspecified atom stereocenters. The average molecular weight is 370 g/mol. The third kappa shape index (κ3) is 2.81. The zero-order valence-corrected chi connectivity index (χ0v) is 16.3. The number of Topliss-reactive ketones (excluding diaryl/α,β-unsaturated/α-hetero) is 1. The number of hydrogen-bond acceptors (Lipinski definition) is 4. The van der Waals surface area contributed by atoms with E-state index in [0.29, 0.717) is 24.2 Å². The van der Waals surface area contributed by atoms with Crippen molar-refractivity contribution >= 4 is 5.78 Å². The van der Waals surface area contributed by atoms with Crippen LogP contribution < -0.4 is 0 Å². The molecule has 0 aliphatic heterocycles. The van der Waals surface area contributed by atoms with E-state index in [4.69, 9.17) is 0 Å². The molecule has 0 spiro atoms. The highest BCUT2D eigenvalue weighted by atomic mass is 16.3. The van der Waals surface area contributed by atoms with Crippen molar-refractivity contribution in [3.05, 3.63) is 24.0 Å². The minimum atomic E-state index is -0.123. The van der Waals surface area contributed by atoms with E-state index in [9.17, 15) is 9.90 Å². The average Bonchev–Trinajstić information content (AvgIpc) is 3.28. The largest absolute Gasteiger partial charge is 0.393 e. The number of carbonyl (C=O) groups is 1. The summed E-state index contributed by atoms with van der Waals surface area (Å²) in [6, 6.07) is 0. The van der Waals surface area contributed by atoms with E-state index in [0.717, 1.165) is 43.9 Å². The lowest BCUT2D eigenvalue weighted by Crippen LogP contribution is -2.47. The molecule has 0 aromatic carbocycles. The minimum absolute atomic E-state index is 0.123. The second-order valence-corrected chi connectivity index (χ2v) is 9.69. The van der Waals surface area contributed by atoms with Gasteiger partial charge in [-0.2, -0.15) is 15.0 Å². The number of hydrogen-bond donors (Lipinski definition) is 1. The van der Waals surface area contributed by atoms with Gasteiger partial charge in [-0.3, -0.25) is 4.79 Å². The summed E-state index contributed by atoms with van der Waals surface area (Å²) in [6.07, 6.45) is 14.5. The van der Waals surface area contributed by atoms with Crippen LogP contribution in [0.2, 0.25) is 0 Å². The van der Waals surface area contributed by atoms with Gasteiger partial charge < -0.3 is 5.11 Å². The summed E-state index contributed by atoms with van der Waals surface area (Å²) < 4.78 is 0. The Balaban J connectivity index is 1.36. The van der Waals surface area contributed by atoms with Gasteiger partial charge >= 0.3 is 0 Å². The number of carbonyl (C=O) groups excluding carboxylic acids is 1. The van der Waals surface area contributed by atoms with Crippen molar-refractivity contribution in [3.63, 3.8) is 0 Å². The molecule has 5 rings (SSSR count). The molecular formula is C22H31N3O2. The van der Waals surface area contributed by atoms with E-state index in [2.05, 4.69) is 23.2 Å². The Hall–Kier alpha value is -1.49. The fourth-order valence-electron chi connectivity index (χ4n) is 7.35. The molecule has 3 saturated carbocycles. The van der Waals surface area contributed by atoms with E-state index in [-0.39, 0.29) is 17.4 Å². The topological polar surface area (TPSA) is 68.0 Å². The van der Waals surface area contributed by atoms with Crippen molar-refractivity contribution in [2.45, 2.75) is 70.9 Å². The highest BCUT2D eigenvalue weighted by Crippen LogP contribution is 2.63. The molecule has 7 atom stereocenters. The van der Waals surface area contributed by atoms with Gasteiger partial charge in [-0.1, -0.05) is 18.6 Å². The molecule has 0 saturated heterocycles. The summed E-state index contributed by atoms with van der Waals surface area (Å²) in [5.41, 5.74) is 1.68. The highest BCUT2D eigenvalue weighted by Gasteiger charge is 2.57. The minimum Gasteiger partial charge on any atom is -0.393 e. The van der Waals surface area contributed by atoms with Gasteiger partial charge in [-0.25, -0.2) is 0 Å². The summed E-state index contributed by atoms with van der Waals surface area (Å²) in [5.74, 6) is 3.35. The second kappa shape index (κ2) is 6.54. The molecule has 1 N–H and O–H groups in total. The van der Waals surface area contributed by atoms with Crippen LogP contribution in [0.3, 0.4) is 0 Å². The lowest BCUT2D eigenvalue weighted by molar-refractivity contribution is -0.129. The van der Waals surface area contributed by atoms with Gasteiger partial charge in [0.15, 0.2) is 5.78 Å². The number of rotatable bonds is 3. The molecule has 4 aliphatic rings. The number of aliphatic hydroxyl groups excluding tert-OH is 1. The smallest absolute Gasteiger partial charge is 0.159 e. The fraction of sp³-hybridized carbons (Fsp3) is 0.773. The van der Waals surface area contributed by atoms with E-state index in [1.165, 1.54) is 29.6 Å². The lowest BCUT2D eigenvalue weighted by atomic mass is 9.51. The first-order valence-electron chi connectivity index (χ1n) is 10.8. The molecule has 1 aromatic heterocycles. The predicted octanol–water partition coefficient (Wildman–Crippen LogP) is 3.40. The number of aromatic nitrogens is 3. The third-order valence-corrected chi connectivity index (χ3v) is 8.57. The lowest BCUT2D eigenvalue weighted by Gasteiger charge is -2.53. The van der Waals surface area contributed by atoms with Crippen molar-refractivity contribution in [3.8, 4) is 0 Å². The zero-order chi connectivity index (χ0) is 18.6. The molecule has 0 radical (unpaired) electrons. The zero-order valence-electron chi connectivity index (χ0n) is 16.3. The molecule has 0 bridgehead atoms. The van der Waals surface area contributed by atoms with Gasteiger partial charge in [-0.05, 0) is 80.5 Å². The number of aliphatic hydroxyl groups is 1. The maximum atomic E-state index is 13.1. The summed E-state index contributed by atoms with van der Waals surface area (Å²) in [4.78, 5) is 14.6. The van der Waals surface area contributed by atoms with Gasteiger partial charge in [0.05, 0.1) is 18.5 Å². The SMILES string of the molecule is CC12CCC3C4CCC(O)CC4=CCC3C1CCC2C(=O)Cn1nccn1. The Labute approximate surface area is 161 Å². The van der Waals surface area contributed by atoms with Crippen LogP contribution in [-0.2, 0) is 11.3 Å². The van der Waals surface area contributed by atoms with Crippen molar-refractivity contribution < 1.29 is 9.90 Å². The monoisotopic (exact) mass is 369 g/mol. The van der Waals surface area contributed by atoms with Gasteiger partial charge in [0.1, 0.15) is 6.54 Å². The van der Waals surface area contributed by atoms with Crippen LogP contribution in [0, 0.1) is 35.0 Å². The Morgan fingerprint density at radius 1 is 1.19 bits per heavy atom. The molecule has 4 aliphatic carbocycles. The van der Waals surface area contributed by atoms with E-state index in [1.54, 1.807) is 12.4 Å². The van der Waals surface area contributed by atoms with E-state index in [1.807, 2.05) is 0 Å². The van der Waals surface area contributed by atoms with Crippen LogP contribution in [0.25, 0.3) is 0 Å². The summed E-state index contributed by atoms with van der Waals surface area (Å²) in [6.45, 7) is 2.71. The van der Waals surface area contributed by atoms with Crippen molar-refractivity contribution in [2.24, 2.45) is 35.0 Å². The fourth-order valence-corrected chi connectivity index (χ4v) is 7.35. The first-order valence-corrected chi connectivity index (χ1v) is 10.8. The van der Waals surface area contributed by atoms with Gasteiger partial charge in [-0.15, -0.1) is 0 Å². The Kier molecular flexibility index (Phi) is 4.26. The van der Waals surface area contributed by atoms with Crippen LogP contribution in [0.1, 0.15) is 58.3 Å². The third-order valence-electron chi connectivity index (χ3n) is 8.57. The standard InChI is InChI=1S/C22H31N3O2/c1-22-9-8-17-16-5-3-15(26)12-14(16)2-4-18(17)19(22)6-7-20(22)21(27)13-25-23-10-11-24-25/h2,10-11,15-20,26H,3-9,12-13H2,1H3. The summed E-state index contributed by atoms with van der Waals surface area (Å²) >= 11 is 0. The molecule has 27 heavy (non-hydrogen) atoms. The number of allylic oxidation sites excluding steroid dienone is 1. The molecular weight excluding hydrogens is 338 g/mol. The molecule has 5 nitrogen and oxygen atoms in total. The van der Waals surface area contributed by atoms with Crippen LogP contribution in [0.15, 0.2) is 24.0 Å². The van der Waals surface area contributed by atoms with Crippen molar-refractivity contribution in [2.75, 3.05) is 0 Å². The molecule has 3 fully saturated rings. The Bertz CT molecular complexity index is 743. The van der Waals surface area contributed by atoms with Crippen molar-refractivity contribution in [1.29, 1.82) is 0 Å². The second-order valence-electron chi connectivity index (χ2n) is 9.69. The van der Waals surface area contributed by atoms with Crippen LogP contribution >= 0.6 is 0 Å². The molecule has 5 heteroatoms. The summed E-state index contributed by atoms with van der Waals surface area (Å²) in [5, 5.41) is 18.3. The van der Waals surface area contributed by atoms with Gasteiger partial charge in [0, 0.05) is 5.92 Å². The molecule has 0 amide bonds. The maximum absolute atomic E-state index is 13.1. The summed E-state index contributed by atoms with van der Waals surface area (Å²) in [7, 11) is 0. The normalized spacial score (nSPS) is 43.4. The van der Waals surface area contributed by atoms with Crippen LogP contribution in [0.4, 0.5) is 0 Å². The van der Waals surface area contributed by atoms with Crippen molar-refractivity contribution in [1.82, 2.24) is 15.0 Å². The van der Waals surface area contributed by atoms with Crippen LogP contribution in [0.5, 0.6) is 0 Å². The van der Waals surface area contributed by atoms with E-state index >= 15 is 0 Å². The quantitative estimate of drug-likeness (QED) is 0.829. The number of ketones is 1. The Morgan fingerprint density at radius 2 is 2.00 bits per heavy atom. The first-order chi connectivity index (χ1) is 13.1. The number of nitrogens with zero attached hydrogens (tertiary/aromatic N) is 3. The van der Waals surface area contributed by atoms with Gasteiger partial charge in [0.2, 0.25) is 0 Å². The van der Waals surface area contributed by atoms with Crippen LogP contribution in [-0.4, -0.2) is 32.0 Å². The Morgan fingerprint density at radius 3 is 2.81 bits per heavy atom. The molecule has 1 aromatic rings. The maximum Gasteiger partial charge on any atom is 0.159 e. The number of fused-ring (bicyclic) bond motifs is 5.